The Labute approximate surface area is 197 Å². The molecule has 176 valence electrons. The van der Waals surface area contributed by atoms with E-state index in [1.54, 1.807) is 18.2 Å². The zero-order valence-corrected chi connectivity index (χ0v) is 19.2. The third-order valence-corrected chi connectivity index (χ3v) is 8.55. The lowest BCUT2D eigenvalue weighted by atomic mass is 9.99. The molecule has 0 spiro atoms. The van der Waals surface area contributed by atoms with E-state index in [2.05, 4.69) is 5.32 Å². The number of ketones is 1. The van der Waals surface area contributed by atoms with E-state index in [0.29, 0.717) is 43.4 Å². The van der Waals surface area contributed by atoms with E-state index >= 15 is 0 Å². The molecule has 2 aromatic rings. The Morgan fingerprint density at radius 1 is 0.882 bits per heavy atom. The number of benzene rings is 2. The Kier molecular flexibility index (Phi) is 4.98. The molecule has 0 aliphatic carbocycles. The number of hydrogen-bond acceptors (Lipinski definition) is 7. The van der Waals surface area contributed by atoms with E-state index in [0.717, 1.165) is 22.3 Å². The number of nitrogens with zero attached hydrogens (tertiary/aromatic N) is 2. The van der Waals surface area contributed by atoms with Crippen LogP contribution in [0.25, 0.3) is 0 Å². The molecule has 0 unspecified atom stereocenters. The van der Waals surface area contributed by atoms with Crippen molar-refractivity contribution in [2.24, 2.45) is 0 Å². The minimum Gasteiger partial charge on any atom is -0.486 e. The lowest BCUT2D eigenvalue weighted by molar-refractivity contribution is -0.125. The molecule has 1 N–H and O–H groups in total. The van der Waals surface area contributed by atoms with Gasteiger partial charge in [-0.05, 0) is 34.4 Å². The number of carbonyl (C=O) groups excluding carboxylic acids is 2. The molecule has 34 heavy (non-hydrogen) atoms. The molecule has 0 bridgehead atoms. The highest BCUT2D eigenvalue weighted by atomic mass is 32.2. The second kappa shape index (κ2) is 7.93. The first kappa shape index (κ1) is 21.3. The molecule has 0 fully saturated rings. The van der Waals surface area contributed by atoms with Crippen LogP contribution in [0, 0.1) is 0 Å². The molecule has 0 saturated heterocycles. The summed E-state index contributed by atoms with van der Waals surface area (Å²) in [6.45, 7) is 3.01. The Balaban J connectivity index is 1.14. The predicted molar refractivity (Wildman–Crippen MR) is 121 cm³/mol. The maximum atomic E-state index is 13.2. The fraction of sp³-hybridized carbons (Fsp3) is 0.333. The van der Waals surface area contributed by atoms with Crippen molar-refractivity contribution in [3.05, 3.63) is 64.2 Å². The molecule has 9 nitrogen and oxygen atoms in total. The Morgan fingerprint density at radius 3 is 2.38 bits per heavy atom. The van der Waals surface area contributed by atoms with E-state index in [4.69, 9.17) is 9.47 Å². The molecule has 6 rings (SSSR count). The summed E-state index contributed by atoms with van der Waals surface area (Å²) in [6, 6.07) is 10.1. The van der Waals surface area contributed by atoms with Gasteiger partial charge in [0.25, 0.3) is 11.7 Å². The summed E-state index contributed by atoms with van der Waals surface area (Å²) < 4.78 is 38.9. The minimum absolute atomic E-state index is 0.146. The lowest BCUT2D eigenvalue weighted by Crippen LogP contribution is -2.39. The fourth-order valence-electron chi connectivity index (χ4n) is 5.00. The lowest BCUT2D eigenvalue weighted by Gasteiger charge is -2.23. The van der Waals surface area contributed by atoms with Gasteiger partial charge in [0, 0.05) is 50.9 Å². The van der Waals surface area contributed by atoms with Crippen molar-refractivity contribution in [2.75, 3.05) is 39.4 Å². The zero-order chi connectivity index (χ0) is 23.4. The van der Waals surface area contributed by atoms with Crippen LogP contribution in [0.1, 0.15) is 21.5 Å². The van der Waals surface area contributed by atoms with Crippen LogP contribution in [0.2, 0.25) is 0 Å². The summed E-state index contributed by atoms with van der Waals surface area (Å²) in [5.74, 6) is -0.103. The summed E-state index contributed by atoms with van der Waals surface area (Å²) in [5.41, 5.74) is 4.13. The van der Waals surface area contributed by atoms with Gasteiger partial charge in [-0.3, -0.25) is 9.59 Å². The number of nitrogens with one attached hydrogen (secondary N) is 1. The van der Waals surface area contributed by atoms with Crippen LogP contribution in [0.4, 0.5) is 0 Å². The summed E-state index contributed by atoms with van der Waals surface area (Å²) in [4.78, 5) is 27.6. The fourth-order valence-corrected chi connectivity index (χ4v) is 6.44. The molecule has 2 aromatic carbocycles. The van der Waals surface area contributed by atoms with Gasteiger partial charge in [-0.1, -0.05) is 18.2 Å². The van der Waals surface area contributed by atoms with Gasteiger partial charge in [-0.25, -0.2) is 8.42 Å². The van der Waals surface area contributed by atoms with Crippen LogP contribution in [-0.2, 0) is 27.9 Å². The minimum atomic E-state index is -3.74. The first-order valence-electron chi connectivity index (χ1n) is 11.2. The molecule has 0 radical (unpaired) electrons. The van der Waals surface area contributed by atoms with Gasteiger partial charge < -0.3 is 19.7 Å². The summed E-state index contributed by atoms with van der Waals surface area (Å²) in [7, 11) is -3.74. The maximum Gasteiger partial charge on any atom is 0.295 e. The van der Waals surface area contributed by atoms with Crippen molar-refractivity contribution in [2.45, 2.75) is 18.0 Å². The number of rotatable bonds is 4. The van der Waals surface area contributed by atoms with Crippen molar-refractivity contribution in [3.8, 4) is 11.5 Å². The van der Waals surface area contributed by atoms with Crippen LogP contribution >= 0.6 is 0 Å². The maximum absolute atomic E-state index is 13.2. The molecule has 1 amide bonds. The average Bonchev–Trinajstić information content (AvgIpc) is 3.57. The third kappa shape index (κ3) is 3.41. The van der Waals surface area contributed by atoms with Gasteiger partial charge in [0.15, 0.2) is 11.5 Å². The normalized spacial score (nSPS) is 19.4. The van der Waals surface area contributed by atoms with Crippen molar-refractivity contribution in [3.63, 3.8) is 0 Å². The van der Waals surface area contributed by atoms with Crippen LogP contribution in [0.3, 0.4) is 0 Å². The topological polar surface area (TPSA) is 105 Å². The first-order chi connectivity index (χ1) is 16.4. The molecule has 4 heterocycles. The number of ether oxygens (including phenoxy) is 2. The molecular formula is C24H23N3O6S. The molecule has 0 aromatic heterocycles. The summed E-state index contributed by atoms with van der Waals surface area (Å²) in [6.07, 6.45) is 0. The number of fused-ring (bicyclic) bond motifs is 2. The monoisotopic (exact) mass is 481 g/mol. The highest BCUT2D eigenvalue weighted by molar-refractivity contribution is 7.89. The van der Waals surface area contributed by atoms with E-state index in [1.165, 1.54) is 21.3 Å². The number of carbonyl (C=O) groups is 2. The average molecular weight is 482 g/mol. The second-order valence-electron chi connectivity index (χ2n) is 8.82. The number of hydrogen-bond donors (Lipinski definition) is 1. The van der Waals surface area contributed by atoms with Crippen molar-refractivity contribution in [1.29, 1.82) is 0 Å². The van der Waals surface area contributed by atoms with Crippen LogP contribution < -0.4 is 14.8 Å². The number of Topliss-reactive ketones (excluding diaryl/α,β-unsaturated/α-hetero) is 1. The van der Waals surface area contributed by atoms with Crippen LogP contribution in [0.15, 0.2) is 52.4 Å². The highest BCUT2D eigenvalue weighted by Crippen LogP contribution is 2.35. The molecular weight excluding hydrogens is 458 g/mol. The number of sulfonamides is 1. The summed E-state index contributed by atoms with van der Waals surface area (Å²) in [5, 5.41) is 3.21. The standard InChI is InChI=1S/C24H23N3O6S/c28-23(19-3-1-2-15-9-25-10-20(15)19)24(29)26-11-16-13-27(14-17(16)12-26)34(30,31)18-4-5-21-22(8-18)33-7-6-32-21/h1-5,8,25H,6-7,9-14H2. The van der Waals surface area contributed by atoms with E-state index in [9.17, 15) is 18.0 Å². The van der Waals surface area contributed by atoms with Gasteiger partial charge in [-0.15, -0.1) is 0 Å². The van der Waals surface area contributed by atoms with Crippen LogP contribution in [-0.4, -0.2) is 68.7 Å². The van der Waals surface area contributed by atoms with E-state index < -0.39 is 21.7 Å². The smallest absolute Gasteiger partial charge is 0.295 e. The summed E-state index contributed by atoms with van der Waals surface area (Å²) >= 11 is 0. The van der Waals surface area contributed by atoms with Crippen molar-refractivity contribution in [1.82, 2.24) is 14.5 Å². The molecule has 4 aliphatic rings. The molecule has 4 aliphatic heterocycles. The van der Waals surface area contributed by atoms with E-state index in [1.807, 2.05) is 6.07 Å². The SMILES string of the molecule is O=C(C(=O)N1CC2=C(C1)CN(S(=O)(=O)c1ccc3c(c1)OCCO3)C2)c1cccc2c1CNC2. The highest BCUT2D eigenvalue weighted by Gasteiger charge is 2.39. The predicted octanol–water partition coefficient (Wildman–Crippen LogP) is 1.09. The molecule has 0 atom stereocenters. The van der Waals surface area contributed by atoms with Crippen molar-refractivity contribution < 1.29 is 27.5 Å². The van der Waals surface area contributed by atoms with Gasteiger partial charge in [0.05, 0.1) is 4.90 Å². The third-order valence-electron chi connectivity index (χ3n) is 6.77. The largest absolute Gasteiger partial charge is 0.486 e. The zero-order valence-electron chi connectivity index (χ0n) is 18.4. The Bertz CT molecular complexity index is 1350. The Hall–Kier alpha value is -3.21. The van der Waals surface area contributed by atoms with Gasteiger partial charge in [0.2, 0.25) is 10.0 Å². The van der Waals surface area contributed by atoms with Crippen molar-refractivity contribution >= 4 is 21.7 Å². The van der Waals surface area contributed by atoms with Gasteiger partial charge in [-0.2, -0.15) is 4.31 Å². The first-order valence-corrected chi connectivity index (χ1v) is 12.6. The number of amides is 1. The van der Waals surface area contributed by atoms with Gasteiger partial charge >= 0.3 is 0 Å². The van der Waals surface area contributed by atoms with Gasteiger partial charge in [0.1, 0.15) is 13.2 Å². The quantitative estimate of drug-likeness (QED) is 0.396. The van der Waals surface area contributed by atoms with Crippen LogP contribution in [0.5, 0.6) is 11.5 Å². The second-order valence-corrected chi connectivity index (χ2v) is 10.8. The van der Waals surface area contributed by atoms with E-state index in [-0.39, 0.29) is 31.1 Å². The molecule has 10 heteroatoms. The Morgan fingerprint density at radius 2 is 1.62 bits per heavy atom. The molecule has 0 saturated carbocycles.